The number of carbonyl (C=O) groups excluding carboxylic acids is 3. The molecule has 0 aliphatic carbocycles. The Morgan fingerprint density at radius 2 is 1.95 bits per heavy atom. The first-order chi connectivity index (χ1) is 17.9. The maximum Gasteiger partial charge on any atom is 0.407 e. The molecule has 4 heterocycles. The van der Waals surface area contributed by atoms with Gasteiger partial charge < -0.3 is 25.1 Å². The van der Waals surface area contributed by atoms with Crippen molar-refractivity contribution in [3.63, 3.8) is 0 Å². The van der Waals surface area contributed by atoms with Crippen LogP contribution in [0.2, 0.25) is 0 Å². The van der Waals surface area contributed by atoms with Gasteiger partial charge in [-0.2, -0.15) is 5.10 Å². The molecule has 11 heteroatoms. The Morgan fingerprint density at radius 3 is 2.66 bits per heavy atom. The molecule has 3 aromatic heterocycles. The van der Waals surface area contributed by atoms with Gasteiger partial charge in [-0.3, -0.25) is 19.3 Å². The van der Waals surface area contributed by atoms with Crippen LogP contribution >= 0.6 is 0 Å². The Hall–Kier alpha value is -4.25. The highest BCUT2D eigenvalue weighted by Crippen LogP contribution is 2.36. The number of carbonyl (C=O) groups is 3. The largest absolute Gasteiger partial charge is 0.444 e. The zero-order valence-corrected chi connectivity index (χ0v) is 22.4. The number of H-pyrrole nitrogens is 1. The lowest BCUT2D eigenvalue weighted by Gasteiger charge is -2.19. The van der Waals surface area contributed by atoms with Crippen molar-refractivity contribution in [1.82, 2.24) is 25.1 Å². The number of nitrogens with zero attached hydrogens (tertiary/aromatic N) is 3. The van der Waals surface area contributed by atoms with Crippen molar-refractivity contribution < 1.29 is 23.9 Å². The molecule has 0 saturated heterocycles. The molecule has 0 fully saturated rings. The minimum Gasteiger partial charge on any atom is -0.444 e. The molecule has 2 amide bonds. The number of ether oxygens (including phenoxy) is 2. The summed E-state index contributed by atoms with van der Waals surface area (Å²) >= 11 is 0. The number of alkyl carbamates (subject to hydrolysis) is 1. The molecule has 3 aromatic rings. The van der Waals surface area contributed by atoms with E-state index in [0.717, 1.165) is 17.0 Å². The van der Waals surface area contributed by atoms with E-state index in [9.17, 15) is 14.4 Å². The first-order valence-electron chi connectivity index (χ1n) is 12.2. The van der Waals surface area contributed by atoms with Crippen LogP contribution in [0, 0.1) is 6.92 Å². The second-order valence-electron chi connectivity index (χ2n) is 10.1. The predicted octanol–water partition coefficient (Wildman–Crippen LogP) is 3.86. The highest BCUT2D eigenvalue weighted by atomic mass is 16.6. The molecule has 1 aliphatic rings. The highest BCUT2D eigenvalue weighted by Gasteiger charge is 2.27. The van der Waals surface area contributed by atoms with E-state index in [-0.39, 0.29) is 24.9 Å². The lowest BCUT2D eigenvalue weighted by atomic mass is 10.0. The van der Waals surface area contributed by atoms with Crippen LogP contribution in [0.5, 0.6) is 0 Å². The summed E-state index contributed by atoms with van der Waals surface area (Å²) in [6.07, 6.45) is 4.50. The van der Waals surface area contributed by atoms with Gasteiger partial charge >= 0.3 is 6.09 Å². The summed E-state index contributed by atoms with van der Waals surface area (Å²) in [5.74, 6) is -0.357. The Balaban J connectivity index is 1.52. The zero-order chi connectivity index (χ0) is 27.6. The average molecular weight is 521 g/mol. The number of aryl methyl sites for hydroxylation is 2. The minimum absolute atomic E-state index is 0.0865. The number of aromatic nitrogens is 4. The lowest BCUT2D eigenvalue weighted by Crippen LogP contribution is -2.34. The summed E-state index contributed by atoms with van der Waals surface area (Å²) in [6, 6.07) is 3.60. The molecule has 0 spiro atoms. The van der Waals surface area contributed by atoms with Crippen LogP contribution in [0.3, 0.4) is 0 Å². The molecule has 0 unspecified atom stereocenters. The van der Waals surface area contributed by atoms with Gasteiger partial charge in [0.15, 0.2) is 5.78 Å². The number of nitrogens with one attached hydrogen (secondary N) is 3. The summed E-state index contributed by atoms with van der Waals surface area (Å²) in [5.41, 5.74) is 5.25. The summed E-state index contributed by atoms with van der Waals surface area (Å²) < 4.78 is 12.7. The molecule has 3 N–H and O–H groups in total. The number of fused-ring (bicyclic) bond motifs is 1. The number of hydrogen-bond acceptors (Lipinski definition) is 7. The summed E-state index contributed by atoms with van der Waals surface area (Å²) in [6.45, 7) is 9.57. The van der Waals surface area contributed by atoms with Gasteiger partial charge in [-0.25, -0.2) is 4.79 Å². The standard InChI is InChI=1S/C27H32N6O5/c1-15-9-17(16(2)34)22(31-15)11-19-18-10-21(29-13-23(18)32-25(19)35)20-12-30-33(6)24(20)14-37-8-7-28-26(36)38-27(3,4)5/h9-13,31H,7-8,14H2,1-6H3,(H,28,36)(H,32,35)/b19-11-. The Kier molecular flexibility index (Phi) is 7.49. The van der Waals surface area contributed by atoms with Crippen molar-refractivity contribution in [2.45, 2.75) is 46.8 Å². The van der Waals surface area contributed by atoms with E-state index in [0.29, 0.717) is 40.3 Å². The van der Waals surface area contributed by atoms with Gasteiger partial charge in [0.2, 0.25) is 0 Å². The summed E-state index contributed by atoms with van der Waals surface area (Å²) in [5, 5.41) is 9.85. The second kappa shape index (κ2) is 10.6. The Morgan fingerprint density at radius 1 is 1.18 bits per heavy atom. The molecule has 200 valence electrons. The molecular formula is C27H32N6O5. The Bertz CT molecular complexity index is 1430. The SMILES string of the molecule is CC(=O)c1cc(C)[nH]c1/C=C1\C(=O)Nc2cnc(-c3cnn(C)c3COCCNC(=O)OC(C)(C)C)cc21. The van der Waals surface area contributed by atoms with Crippen molar-refractivity contribution in [2.75, 3.05) is 18.5 Å². The van der Waals surface area contributed by atoms with Gasteiger partial charge in [-0.15, -0.1) is 0 Å². The monoisotopic (exact) mass is 520 g/mol. The van der Waals surface area contributed by atoms with Crippen molar-refractivity contribution in [2.24, 2.45) is 7.05 Å². The van der Waals surface area contributed by atoms with Crippen molar-refractivity contribution >= 4 is 35.1 Å². The number of anilines is 1. The molecule has 0 bridgehead atoms. The van der Waals surface area contributed by atoms with Crippen LogP contribution in [-0.4, -0.2) is 56.3 Å². The predicted molar refractivity (Wildman–Crippen MR) is 142 cm³/mol. The molecule has 0 aromatic carbocycles. The van der Waals surface area contributed by atoms with Gasteiger partial charge in [0, 0.05) is 41.7 Å². The third-order valence-corrected chi connectivity index (χ3v) is 5.83. The van der Waals surface area contributed by atoms with E-state index in [2.05, 4.69) is 25.7 Å². The van der Waals surface area contributed by atoms with Gasteiger partial charge in [-0.1, -0.05) is 0 Å². The Labute approximate surface area is 220 Å². The van der Waals surface area contributed by atoms with Crippen LogP contribution < -0.4 is 10.6 Å². The fraction of sp³-hybridized carbons (Fsp3) is 0.370. The highest BCUT2D eigenvalue weighted by molar-refractivity contribution is 6.35. The van der Waals surface area contributed by atoms with E-state index < -0.39 is 11.7 Å². The molecule has 11 nitrogen and oxygen atoms in total. The van der Waals surface area contributed by atoms with Crippen LogP contribution in [0.25, 0.3) is 22.9 Å². The number of ketones is 1. The number of Topliss-reactive ketones (excluding diaryl/α,β-unsaturated/α-hetero) is 1. The molecule has 0 saturated carbocycles. The maximum absolute atomic E-state index is 12.8. The van der Waals surface area contributed by atoms with E-state index in [1.165, 1.54) is 6.92 Å². The number of amides is 2. The first kappa shape index (κ1) is 26.8. The maximum atomic E-state index is 12.8. The lowest BCUT2D eigenvalue weighted by molar-refractivity contribution is -0.110. The topological polar surface area (TPSA) is 140 Å². The zero-order valence-electron chi connectivity index (χ0n) is 22.4. The number of aromatic amines is 1. The van der Waals surface area contributed by atoms with Crippen molar-refractivity contribution in [3.05, 3.63) is 52.7 Å². The van der Waals surface area contributed by atoms with Crippen LogP contribution in [-0.2, 0) is 27.9 Å². The van der Waals surface area contributed by atoms with Gasteiger partial charge in [0.25, 0.3) is 5.91 Å². The summed E-state index contributed by atoms with van der Waals surface area (Å²) in [7, 11) is 1.81. The molecule has 1 aliphatic heterocycles. The fourth-order valence-electron chi connectivity index (χ4n) is 4.10. The average Bonchev–Trinajstić information content (AvgIpc) is 3.47. The third kappa shape index (κ3) is 6.00. The first-order valence-corrected chi connectivity index (χ1v) is 12.2. The van der Waals surface area contributed by atoms with Crippen molar-refractivity contribution in [1.29, 1.82) is 0 Å². The number of pyridine rings is 1. The smallest absolute Gasteiger partial charge is 0.407 e. The van der Waals surface area contributed by atoms with Crippen LogP contribution in [0.1, 0.15) is 60.7 Å². The number of hydrogen-bond donors (Lipinski definition) is 3. The molecule has 0 radical (unpaired) electrons. The second-order valence-corrected chi connectivity index (χ2v) is 10.1. The van der Waals surface area contributed by atoms with Crippen molar-refractivity contribution in [3.8, 4) is 11.3 Å². The quantitative estimate of drug-likeness (QED) is 0.233. The van der Waals surface area contributed by atoms with Crippen LogP contribution in [0.4, 0.5) is 10.5 Å². The number of rotatable bonds is 8. The molecular weight excluding hydrogens is 488 g/mol. The fourth-order valence-corrected chi connectivity index (χ4v) is 4.10. The minimum atomic E-state index is -0.567. The van der Waals surface area contributed by atoms with Gasteiger partial charge in [0.1, 0.15) is 5.60 Å². The normalized spacial score (nSPS) is 13.9. The molecule has 38 heavy (non-hydrogen) atoms. The van der Waals surface area contributed by atoms with E-state index in [1.54, 1.807) is 50.0 Å². The van der Waals surface area contributed by atoms with Gasteiger partial charge in [-0.05, 0) is 52.8 Å². The van der Waals surface area contributed by atoms with E-state index in [4.69, 9.17) is 9.47 Å². The van der Waals surface area contributed by atoms with E-state index >= 15 is 0 Å². The summed E-state index contributed by atoms with van der Waals surface area (Å²) in [4.78, 5) is 44.3. The van der Waals surface area contributed by atoms with Gasteiger partial charge in [0.05, 0.1) is 48.3 Å². The molecule has 4 rings (SSSR count). The third-order valence-electron chi connectivity index (χ3n) is 5.83. The van der Waals surface area contributed by atoms with E-state index in [1.807, 2.05) is 20.0 Å². The molecule has 0 atom stereocenters. The van der Waals surface area contributed by atoms with Crippen LogP contribution in [0.15, 0.2) is 24.5 Å².